The van der Waals surface area contributed by atoms with E-state index in [1.165, 1.54) is 37.7 Å². The molecule has 1 heterocycles. The van der Waals surface area contributed by atoms with E-state index >= 15 is 0 Å². The van der Waals surface area contributed by atoms with E-state index in [1.807, 2.05) is 0 Å². The molecule has 0 unspecified atom stereocenters. The van der Waals surface area contributed by atoms with Crippen LogP contribution in [0.5, 0.6) is 0 Å². The highest BCUT2D eigenvalue weighted by Crippen LogP contribution is 2.38. The van der Waals surface area contributed by atoms with Gasteiger partial charge in [0.05, 0.1) is 13.2 Å². The van der Waals surface area contributed by atoms with E-state index in [-0.39, 0.29) is 0 Å². The summed E-state index contributed by atoms with van der Waals surface area (Å²) in [5.74, 6) is 0. The second-order valence-corrected chi connectivity index (χ2v) is 5.84. The zero-order valence-corrected chi connectivity index (χ0v) is 11.4. The van der Waals surface area contributed by atoms with Gasteiger partial charge in [-0.25, -0.2) is 0 Å². The van der Waals surface area contributed by atoms with E-state index < -0.39 is 0 Å². The smallest absolute Gasteiger partial charge is 0.0689 e. The van der Waals surface area contributed by atoms with Crippen LogP contribution in [0.25, 0.3) is 0 Å². The van der Waals surface area contributed by atoms with Gasteiger partial charge in [0.15, 0.2) is 0 Å². The van der Waals surface area contributed by atoms with Gasteiger partial charge in [-0.1, -0.05) is 25.3 Å². The molecule has 18 heavy (non-hydrogen) atoms. The zero-order valence-electron chi connectivity index (χ0n) is 11.4. The van der Waals surface area contributed by atoms with Crippen LogP contribution < -0.4 is 5.32 Å². The van der Waals surface area contributed by atoms with E-state index in [2.05, 4.69) is 11.4 Å². The number of aliphatic hydroxyl groups is 1. The van der Waals surface area contributed by atoms with Crippen LogP contribution in [0.3, 0.4) is 0 Å². The Morgan fingerprint density at radius 1 is 1.28 bits per heavy atom. The Balaban J connectivity index is 1.76. The average molecular weight is 253 g/mol. The molecule has 1 fully saturated rings. The summed E-state index contributed by atoms with van der Waals surface area (Å²) in [5, 5.41) is 12.9. The SMILES string of the molecule is OCCC1(CNCC2=CCCOC2)CCCCC1. The largest absolute Gasteiger partial charge is 0.396 e. The molecule has 0 saturated heterocycles. The highest BCUT2D eigenvalue weighted by atomic mass is 16.5. The van der Waals surface area contributed by atoms with Gasteiger partial charge < -0.3 is 15.2 Å². The molecule has 0 aromatic heterocycles. The van der Waals surface area contributed by atoms with Gasteiger partial charge in [-0.2, -0.15) is 0 Å². The van der Waals surface area contributed by atoms with Gasteiger partial charge in [-0.05, 0) is 36.7 Å². The van der Waals surface area contributed by atoms with Crippen molar-refractivity contribution in [2.45, 2.75) is 44.9 Å². The van der Waals surface area contributed by atoms with Crippen LogP contribution in [0.1, 0.15) is 44.9 Å². The summed E-state index contributed by atoms with van der Waals surface area (Å²) >= 11 is 0. The monoisotopic (exact) mass is 253 g/mol. The minimum absolute atomic E-state index is 0.327. The van der Waals surface area contributed by atoms with Crippen LogP contribution in [0.4, 0.5) is 0 Å². The van der Waals surface area contributed by atoms with E-state index in [1.54, 1.807) is 0 Å². The van der Waals surface area contributed by atoms with Crippen LogP contribution in [0, 0.1) is 5.41 Å². The van der Waals surface area contributed by atoms with E-state index in [0.717, 1.165) is 39.1 Å². The van der Waals surface area contributed by atoms with Gasteiger partial charge in [0.1, 0.15) is 0 Å². The minimum atomic E-state index is 0.327. The number of nitrogens with one attached hydrogen (secondary N) is 1. The third kappa shape index (κ3) is 4.08. The molecule has 0 amide bonds. The Morgan fingerprint density at radius 3 is 2.78 bits per heavy atom. The first-order valence-electron chi connectivity index (χ1n) is 7.42. The van der Waals surface area contributed by atoms with Gasteiger partial charge in [0.2, 0.25) is 0 Å². The fraction of sp³-hybridized carbons (Fsp3) is 0.867. The predicted molar refractivity (Wildman–Crippen MR) is 73.6 cm³/mol. The molecule has 1 saturated carbocycles. The van der Waals surface area contributed by atoms with E-state index in [9.17, 15) is 5.11 Å². The Hall–Kier alpha value is -0.380. The van der Waals surface area contributed by atoms with Crippen LogP contribution in [-0.2, 0) is 4.74 Å². The van der Waals surface area contributed by atoms with Crippen LogP contribution in [0.15, 0.2) is 11.6 Å². The van der Waals surface area contributed by atoms with Crippen molar-refractivity contribution in [1.82, 2.24) is 5.32 Å². The molecule has 3 nitrogen and oxygen atoms in total. The topological polar surface area (TPSA) is 41.5 Å². The third-order valence-corrected chi connectivity index (χ3v) is 4.39. The minimum Gasteiger partial charge on any atom is -0.396 e. The molecular weight excluding hydrogens is 226 g/mol. The lowest BCUT2D eigenvalue weighted by atomic mass is 9.72. The number of hydrogen-bond acceptors (Lipinski definition) is 3. The van der Waals surface area contributed by atoms with Crippen molar-refractivity contribution < 1.29 is 9.84 Å². The van der Waals surface area contributed by atoms with Crippen molar-refractivity contribution in [3.05, 3.63) is 11.6 Å². The number of aliphatic hydroxyl groups excluding tert-OH is 1. The van der Waals surface area contributed by atoms with Crippen molar-refractivity contribution >= 4 is 0 Å². The maximum Gasteiger partial charge on any atom is 0.0689 e. The maximum atomic E-state index is 9.27. The molecule has 2 rings (SSSR count). The van der Waals surface area contributed by atoms with Crippen LogP contribution >= 0.6 is 0 Å². The number of rotatable bonds is 6. The van der Waals surface area contributed by atoms with Crippen molar-refractivity contribution in [3.63, 3.8) is 0 Å². The zero-order chi connectivity index (χ0) is 12.7. The summed E-state index contributed by atoms with van der Waals surface area (Å²) in [5.41, 5.74) is 1.74. The van der Waals surface area contributed by atoms with Gasteiger partial charge in [-0.15, -0.1) is 0 Å². The molecule has 2 N–H and O–H groups in total. The lowest BCUT2D eigenvalue weighted by molar-refractivity contribution is 0.124. The molecule has 0 spiro atoms. The van der Waals surface area contributed by atoms with E-state index in [4.69, 9.17) is 4.74 Å². The number of ether oxygens (including phenoxy) is 1. The highest BCUT2D eigenvalue weighted by Gasteiger charge is 2.30. The summed E-state index contributed by atoms with van der Waals surface area (Å²) < 4.78 is 5.45. The second-order valence-electron chi connectivity index (χ2n) is 5.84. The second kappa shape index (κ2) is 7.27. The summed E-state index contributed by atoms with van der Waals surface area (Å²) in [6.45, 7) is 3.99. The molecule has 1 aliphatic heterocycles. The van der Waals surface area contributed by atoms with Crippen LogP contribution in [-0.4, -0.2) is 38.0 Å². The van der Waals surface area contributed by atoms with Gasteiger partial charge in [0, 0.05) is 19.7 Å². The van der Waals surface area contributed by atoms with Crippen molar-refractivity contribution in [1.29, 1.82) is 0 Å². The lowest BCUT2D eigenvalue weighted by Crippen LogP contribution is -2.38. The summed E-state index contributed by atoms with van der Waals surface area (Å²) in [6.07, 6.45) is 10.9. The Kier molecular flexibility index (Phi) is 5.67. The maximum absolute atomic E-state index is 9.27. The molecule has 0 bridgehead atoms. The molecule has 1 aliphatic carbocycles. The van der Waals surface area contributed by atoms with Crippen molar-refractivity contribution in [2.24, 2.45) is 5.41 Å². The summed E-state index contributed by atoms with van der Waals surface area (Å²) in [4.78, 5) is 0. The lowest BCUT2D eigenvalue weighted by Gasteiger charge is -2.37. The molecule has 0 atom stereocenters. The molecule has 0 aromatic carbocycles. The Morgan fingerprint density at radius 2 is 2.11 bits per heavy atom. The first-order valence-corrected chi connectivity index (χ1v) is 7.42. The summed E-state index contributed by atoms with van der Waals surface area (Å²) in [6, 6.07) is 0. The molecule has 0 radical (unpaired) electrons. The van der Waals surface area contributed by atoms with Crippen LogP contribution in [0.2, 0.25) is 0 Å². The first-order chi connectivity index (χ1) is 8.85. The Labute approximate surface area is 111 Å². The van der Waals surface area contributed by atoms with Crippen molar-refractivity contribution in [2.75, 3.05) is 32.9 Å². The number of hydrogen-bond donors (Lipinski definition) is 2. The molecule has 3 heteroatoms. The van der Waals surface area contributed by atoms with Gasteiger partial charge in [0.25, 0.3) is 0 Å². The van der Waals surface area contributed by atoms with Gasteiger partial charge >= 0.3 is 0 Å². The highest BCUT2D eigenvalue weighted by molar-refractivity contribution is 5.07. The molecular formula is C15H27NO2. The molecule has 2 aliphatic rings. The normalized spacial score (nSPS) is 23.7. The summed E-state index contributed by atoms with van der Waals surface area (Å²) in [7, 11) is 0. The molecule has 104 valence electrons. The van der Waals surface area contributed by atoms with Gasteiger partial charge in [-0.3, -0.25) is 0 Å². The van der Waals surface area contributed by atoms with E-state index in [0.29, 0.717) is 12.0 Å². The fourth-order valence-electron chi connectivity index (χ4n) is 3.27. The quantitative estimate of drug-likeness (QED) is 0.713. The standard InChI is InChI=1S/C15H27NO2/c17-9-8-15(6-2-1-3-7-15)13-16-11-14-5-4-10-18-12-14/h5,16-17H,1-4,6-13H2. The fourth-order valence-corrected chi connectivity index (χ4v) is 3.27. The third-order valence-electron chi connectivity index (χ3n) is 4.39. The Bertz CT molecular complexity index is 264. The predicted octanol–water partition coefficient (Wildman–Crippen LogP) is 2.26. The first kappa shape index (κ1) is 14.0. The average Bonchev–Trinajstić information content (AvgIpc) is 2.41. The van der Waals surface area contributed by atoms with Crippen molar-refractivity contribution in [3.8, 4) is 0 Å². The molecule has 0 aromatic rings.